The van der Waals surface area contributed by atoms with Crippen LogP contribution >= 0.6 is 39.5 Å². The number of nitrogens with two attached hydrogens (primary N) is 1. The number of amides is 1. The van der Waals surface area contributed by atoms with Crippen LogP contribution in [0.4, 0.5) is 0 Å². The first-order chi connectivity index (χ1) is 7.54. The minimum Gasteiger partial charge on any atom is -0.392 e. The van der Waals surface area contributed by atoms with Gasteiger partial charge in [0.1, 0.15) is 0 Å². The Kier molecular flexibility index (Phi) is 5.37. The van der Waals surface area contributed by atoms with Gasteiger partial charge in [0.2, 0.25) is 0 Å². The van der Waals surface area contributed by atoms with Gasteiger partial charge < -0.3 is 10.6 Å². The maximum atomic E-state index is 12.1. The molecule has 0 radical (unpaired) electrons. The van der Waals surface area contributed by atoms with Crippen LogP contribution in [-0.2, 0) is 0 Å². The van der Waals surface area contributed by atoms with E-state index in [0.717, 1.165) is 10.2 Å². The van der Waals surface area contributed by atoms with E-state index in [-0.39, 0.29) is 5.91 Å². The molecule has 1 aromatic rings. The number of carbonyl (C=O) groups excluding carboxylic acids is 1. The molecule has 1 amide bonds. The summed E-state index contributed by atoms with van der Waals surface area (Å²) in [6.07, 6.45) is 0.889. The number of carbonyl (C=O) groups is 1. The fraction of sp³-hybridized carbons (Fsp3) is 0.400. The normalized spacial score (nSPS) is 10.1. The molecule has 1 heterocycles. The van der Waals surface area contributed by atoms with E-state index in [4.69, 9.17) is 18.0 Å². The van der Waals surface area contributed by atoms with Crippen LogP contribution in [0.5, 0.6) is 0 Å². The highest BCUT2D eigenvalue weighted by Gasteiger charge is 2.16. The molecule has 0 atom stereocenters. The zero-order valence-corrected chi connectivity index (χ0v) is 12.1. The number of thiophene rings is 1. The summed E-state index contributed by atoms with van der Waals surface area (Å²) in [6.45, 7) is 3.03. The number of halogens is 1. The molecule has 1 aromatic heterocycles. The molecular formula is C10H13BrN2OS2. The van der Waals surface area contributed by atoms with E-state index in [1.165, 1.54) is 11.3 Å². The van der Waals surface area contributed by atoms with Crippen molar-refractivity contribution in [2.75, 3.05) is 13.1 Å². The first kappa shape index (κ1) is 13.6. The van der Waals surface area contributed by atoms with Crippen molar-refractivity contribution in [3.05, 3.63) is 20.8 Å². The molecule has 6 heteroatoms. The average Bonchev–Trinajstić information content (AvgIpc) is 2.62. The van der Waals surface area contributed by atoms with Gasteiger partial charge in [0.15, 0.2) is 0 Å². The Labute approximate surface area is 113 Å². The van der Waals surface area contributed by atoms with E-state index in [1.807, 2.05) is 18.4 Å². The van der Waals surface area contributed by atoms with Gasteiger partial charge in [-0.05, 0) is 28.4 Å². The second-order valence-corrected chi connectivity index (χ2v) is 6.15. The maximum Gasteiger partial charge on any atom is 0.255 e. The quantitative estimate of drug-likeness (QED) is 0.848. The van der Waals surface area contributed by atoms with Crippen molar-refractivity contribution >= 4 is 50.4 Å². The molecule has 0 aromatic carbocycles. The van der Waals surface area contributed by atoms with Crippen LogP contribution in [0.15, 0.2) is 15.2 Å². The van der Waals surface area contributed by atoms with Gasteiger partial charge in [-0.25, -0.2) is 0 Å². The molecule has 1 rings (SSSR count). The Morgan fingerprint density at radius 2 is 2.38 bits per heavy atom. The molecule has 3 nitrogen and oxygen atoms in total. The summed E-state index contributed by atoms with van der Waals surface area (Å²) in [5.41, 5.74) is 6.16. The van der Waals surface area contributed by atoms with Gasteiger partial charge in [0.05, 0.1) is 20.9 Å². The van der Waals surface area contributed by atoms with Crippen molar-refractivity contribution in [1.29, 1.82) is 0 Å². The summed E-state index contributed by atoms with van der Waals surface area (Å²) in [6, 6.07) is 1.81. The summed E-state index contributed by atoms with van der Waals surface area (Å²) >= 11 is 9.67. The van der Waals surface area contributed by atoms with Gasteiger partial charge in [-0.15, -0.1) is 11.3 Å². The van der Waals surface area contributed by atoms with Crippen molar-refractivity contribution in [2.45, 2.75) is 13.3 Å². The fourth-order valence-corrected chi connectivity index (χ4v) is 2.60. The largest absolute Gasteiger partial charge is 0.392 e. The van der Waals surface area contributed by atoms with Gasteiger partial charge in [-0.3, -0.25) is 4.79 Å². The van der Waals surface area contributed by atoms with Crippen molar-refractivity contribution in [2.24, 2.45) is 5.73 Å². The summed E-state index contributed by atoms with van der Waals surface area (Å²) in [5.74, 6) is -0.0170. The lowest BCUT2D eigenvalue weighted by Gasteiger charge is -2.20. The third kappa shape index (κ3) is 3.84. The van der Waals surface area contributed by atoms with Gasteiger partial charge >= 0.3 is 0 Å². The predicted octanol–water partition coefficient (Wildman–Crippen LogP) is 2.65. The molecule has 0 saturated carbocycles. The maximum absolute atomic E-state index is 12.1. The van der Waals surface area contributed by atoms with Crippen molar-refractivity contribution < 1.29 is 4.79 Å². The molecule has 0 aliphatic rings. The SMILES string of the molecule is CCCN(CC(N)=S)C(=O)c1csc(Br)c1. The molecule has 0 saturated heterocycles. The van der Waals surface area contributed by atoms with E-state index in [2.05, 4.69) is 15.9 Å². The van der Waals surface area contributed by atoms with E-state index < -0.39 is 0 Å². The minimum atomic E-state index is -0.0170. The highest BCUT2D eigenvalue weighted by Crippen LogP contribution is 2.21. The van der Waals surface area contributed by atoms with Crippen molar-refractivity contribution in [3.8, 4) is 0 Å². The van der Waals surface area contributed by atoms with Crippen molar-refractivity contribution in [3.63, 3.8) is 0 Å². The second kappa shape index (κ2) is 6.32. The molecule has 0 fully saturated rings. The van der Waals surface area contributed by atoms with E-state index in [0.29, 0.717) is 23.6 Å². The Hall–Kier alpha value is -0.460. The van der Waals surface area contributed by atoms with Crippen LogP contribution < -0.4 is 5.73 Å². The first-order valence-corrected chi connectivity index (χ1v) is 6.94. The monoisotopic (exact) mass is 320 g/mol. The molecule has 0 spiro atoms. The van der Waals surface area contributed by atoms with Crippen LogP contribution in [0, 0.1) is 0 Å². The summed E-state index contributed by atoms with van der Waals surface area (Å²) in [4.78, 5) is 14.1. The Morgan fingerprint density at radius 3 is 2.81 bits per heavy atom. The standard InChI is InChI=1S/C10H13BrN2OS2/c1-2-3-13(5-9(12)15)10(14)7-4-8(11)16-6-7/h4,6H,2-3,5H2,1H3,(H2,12,15). The predicted molar refractivity (Wildman–Crippen MR) is 75.0 cm³/mol. The number of rotatable bonds is 5. The lowest BCUT2D eigenvalue weighted by molar-refractivity contribution is 0.0780. The van der Waals surface area contributed by atoms with Crippen LogP contribution in [0.1, 0.15) is 23.7 Å². The number of thiocarbonyl (C=S) groups is 1. The molecule has 0 aliphatic heterocycles. The Bertz CT molecular complexity index is 392. The molecule has 16 heavy (non-hydrogen) atoms. The van der Waals surface area contributed by atoms with Gasteiger partial charge in [-0.2, -0.15) is 0 Å². The second-order valence-electron chi connectivity index (χ2n) is 3.33. The fourth-order valence-electron chi connectivity index (χ4n) is 1.32. The molecule has 0 bridgehead atoms. The van der Waals surface area contributed by atoms with E-state index >= 15 is 0 Å². The van der Waals surface area contributed by atoms with Crippen LogP contribution in [0.2, 0.25) is 0 Å². The third-order valence-electron chi connectivity index (χ3n) is 1.94. The van der Waals surface area contributed by atoms with Crippen molar-refractivity contribution in [1.82, 2.24) is 4.90 Å². The Morgan fingerprint density at radius 1 is 1.69 bits per heavy atom. The molecule has 0 aliphatic carbocycles. The number of hydrogen-bond acceptors (Lipinski definition) is 3. The lowest BCUT2D eigenvalue weighted by atomic mass is 10.2. The van der Waals surface area contributed by atoms with Crippen LogP contribution in [-0.4, -0.2) is 28.9 Å². The summed E-state index contributed by atoms with van der Waals surface area (Å²) in [5, 5.41) is 1.83. The number of nitrogens with zero attached hydrogens (tertiary/aromatic N) is 1. The average molecular weight is 321 g/mol. The highest BCUT2D eigenvalue weighted by molar-refractivity contribution is 9.11. The Balaban J connectivity index is 2.78. The summed E-state index contributed by atoms with van der Waals surface area (Å²) in [7, 11) is 0. The third-order valence-corrected chi connectivity index (χ3v) is 3.58. The molecule has 88 valence electrons. The van der Waals surface area contributed by atoms with E-state index in [1.54, 1.807) is 4.90 Å². The molecule has 0 unspecified atom stereocenters. The minimum absolute atomic E-state index is 0.0170. The topological polar surface area (TPSA) is 46.3 Å². The zero-order chi connectivity index (χ0) is 12.1. The van der Waals surface area contributed by atoms with E-state index in [9.17, 15) is 4.79 Å². The molecule has 2 N–H and O–H groups in total. The smallest absolute Gasteiger partial charge is 0.255 e. The summed E-state index contributed by atoms with van der Waals surface area (Å²) < 4.78 is 0.947. The highest BCUT2D eigenvalue weighted by atomic mass is 79.9. The van der Waals surface area contributed by atoms with Gasteiger partial charge in [-0.1, -0.05) is 19.1 Å². The lowest BCUT2D eigenvalue weighted by Crippen LogP contribution is -2.38. The van der Waals surface area contributed by atoms with Crippen LogP contribution in [0.25, 0.3) is 0 Å². The number of hydrogen-bond donors (Lipinski definition) is 1. The zero-order valence-electron chi connectivity index (χ0n) is 8.90. The van der Waals surface area contributed by atoms with Gasteiger partial charge in [0.25, 0.3) is 5.91 Å². The van der Waals surface area contributed by atoms with Crippen LogP contribution in [0.3, 0.4) is 0 Å². The van der Waals surface area contributed by atoms with Gasteiger partial charge in [0, 0.05) is 11.9 Å². The first-order valence-electron chi connectivity index (χ1n) is 4.86. The molecular weight excluding hydrogens is 308 g/mol.